The Balaban J connectivity index is 2.39. The Morgan fingerprint density at radius 2 is 1.80 bits per heavy atom. The number of halogens is 1. The van der Waals surface area contributed by atoms with Crippen molar-refractivity contribution in [3.63, 3.8) is 0 Å². The number of esters is 1. The molecule has 0 heterocycles. The van der Waals surface area contributed by atoms with Crippen LogP contribution >= 0.6 is 11.6 Å². The maximum Gasteiger partial charge on any atom is 0.347 e. The van der Waals surface area contributed by atoms with Crippen LogP contribution in [0.2, 0.25) is 5.02 Å². The Hall–Kier alpha value is -1.75. The van der Waals surface area contributed by atoms with Crippen LogP contribution in [0.4, 0.5) is 0 Å². The number of benzene rings is 1. The Bertz CT molecular complexity index is 459. The lowest BCUT2D eigenvalue weighted by atomic mass is 10.3. The van der Waals surface area contributed by atoms with E-state index in [1.54, 1.807) is 31.2 Å². The minimum atomic E-state index is -0.803. The summed E-state index contributed by atoms with van der Waals surface area (Å²) < 4.78 is 10.2. The molecule has 0 unspecified atom stereocenters. The van der Waals surface area contributed by atoms with E-state index in [2.05, 4.69) is 5.32 Å². The normalized spacial score (nSPS) is 11.8. The summed E-state index contributed by atoms with van der Waals surface area (Å²) in [6, 6.07) is 6.62. The molecule has 0 radical (unpaired) electrons. The highest BCUT2D eigenvalue weighted by atomic mass is 35.5. The van der Waals surface area contributed by atoms with Gasteiger partial charge in [-0.1, -0.05) is 11.6 Å². The molecule has 1 rings (SSSR count). The molecule has 1 aromatic rings. The minimum Gasteiger partial charge on any atom is -0.479 e. The summed E-state index contributed by atoms with van der Waals surface area (Å²) in [5.74, 6) is -0.434. The maximum absolute atomic E-state index is 11.7. The van der Waals surface area contributed by atoms with Crippen molar-refractivity contribution in [3.8, 4) is 5.75 Å². The quantitative estimate of drug-likeness (QED) is 0.818. The number of nitrogens with one attached hydrogen (secondary N) is 1. The summed E-state index contributed by atoms with van der Waals surface area (Å²) >= 11 is 5.75. The van der Waals surface area contributed by atoms with E-state index in [4.69, 9.17) is 21.1 Å². The zero-order valence-corrected chi connectivity index (χ0v) is 12.4. The number of carbonyl (C=O) groups is 2. The SMILES string of the molecule is CC(C)NC(=O)COC(=O)[C@@H](C)Oc1ccc(Cl)cc1. The van der Waals surface area contributed by atoms with Gasteiger partial charge in [0.1, 0.15) is 5.75 Å². The van der Waals surface area contributed by atoms with Gasteiger partial charge in [0.25, 0.3) is 5.91 Å². The zero-order chi connectivity index (χ0) is 15.1. The van der Waals surface area contributed by atoms with Gasteiger partial charge in [-0.05, 0) is 45.0 Å². The molecule has 0 saturated heterocycles. The van der Waals surface area contributed by atoms with Gasteiger partial charge in [0.05, 0.1) is 0 Å². The van der Waals surface area contributed by atoms with Gasteiger partial charge in [0.2, 0.25) is 0 Å². The lowest BCUT2D eigenvalue weighted by Crippen LogP contribution is -2.36. The zero-order valence-electron chi connectivity index (χ0n) is 11.7. The topological polar surface area (TPSA) is 64.6 Å². The van der Waals surface area contributed by atoms with Crippen LogP contribution in [0.1, 0.15) is 20.8 Å². The summed E-state index contributed by atoms with van der Waals surface area (Å²) in [5.41, 5.74) is 0. The van der Waals surface area contributed by atoms with E-state index in [1.807, 2.05) is 13.8 Å². The second-order valence-corrected chi connectivity index (χ2v) is 4.98. The highest BCUT2D eigenvalue weighted by molar-refractivity contribution is 6.30. The summed E-state index contributed by atoms with van der Waals surface area (Å²) in [7, 11) is 0. The van der Waals surface area contributed by atoms with Crippen LogP contribution in [0.3, 0.4) is 0 Å². The van der Waals surface area contributed by atoms with E-state index in [0.717, 1.165) is 0 Å². The largest absolute Gasteiger partial charge is 0.479 e. The molecule has 0 aliphatic heterocycles. The number of hydrogen-bond donors (Lipinski definition) is 1. The molecule has 1 N–H and O–H groups in total. The van der Waals surface area contributed by atoms with E-state index in [0.29, 0.717) is 10.8 Å². The van der Waals surface area contributed by atoms with Crippen molar-refractivity contribution in [2.75, 3.05) is 6.61 Å². The fourth-order valence-corrected chi connectivity index (χ4v) is 1.51. The van der Waals surface area contributed by atoms with Crippen molar-refractivity contribution in [2.24, 2.45) is 0 Å². The van der Waals surface area contributed by atoms with Gasteiger partial charge in [-0.25, -0.2) is 4.79 Å². The van der Waals surface area contributed by atoms with Crippen LogP contribution in [-0.2, 0) is 14.3 Å². The predicted molar refractivity (Wildman–Crippen MR) is 75.8 cm³/mol. The van der Waals surface area contributed by atoms with E-state index >= 15 is 0 Å². The molecule has 110 valence electrons. The van der Waals surface area contributed by atoms with Crippen LogP contribution in [0, 0.1) is 0 Å². The summed E-state index contributed by atoms with van der Waals surface area (Å²) in [6.07, 6.45) is -0.803. The number of ether oxygens (including phenoxy) is 2. The van der Waals surface area contributed by atoms with E-state index < -0.39 is 12.1 Å². The molecule has 20 heavy (non-hydrogen) atoms. The van der Waals surface area contributed by atoms with Crippen LogP contribution in [0.5, 0.6) is 5.75 Å². The third kappa shape index (κ3) is 5.93. The second-order valence-electron chi connectivity index (χ2n) is 4.54. The standard InChI is InChI=1S/C14H18ClNO4/c1-9(2)16-13(17)8-19-14(18)10(3)20-12-6-4-11(15)5-7-12/h4-7,9-10H,8H2,1-3H3,(H,16,17)/t10-/m1/s1. The Morgan fingerprint density at radius 1 is 1.20 bits per heavy atom. The van der Waals surface area contributed by atoms with Crippen LogP contribution in [0.25, 0.3) is 0 Å². The smallest absolute Gasteiger partial charge is 0.347 e. The van der Waals surface area contributed by atoms with Gasteiger partial charge >= 0.3 is 5.97 Å². The molecule has 0 aliphatic rings. The van der Waals surface area contributed by atoms with E-state index in [-0.39, 0.29) is 18.6 Å². The first-order valence-electron chi connectivity index (χ1n) is 6.26. The third-order valence-electron chi connectivity index (χ3n) is 2.25. The Morgan fingerprint density at radius 3 is 2.35 bits per heavy atom. The molecule has 1 aromatic carbocycles. The monoisotopic (exact) mass is 299 g/mol. The van der Waals surface area contributed by atoms with Crippen LogP contribution < -0.4 is 10.1 Å². The molecular weight excluding hydrogens is 282 g/mol. The number of amides is 1. The van der Waals surface area contributed by atoms with E-state index in [9.17, 15) is 9.59 Å². The molecule has 1 amide bonds. The summed E-state index contributed by atoms with van der Waals surface area (Å²) in [6.45, 7) is 4.89. The van der Waals surface area contributed by atoms with Gasteiger partial charge in [0, 0.05) is 11.1 Å². The second kappa shape index (κ2) is 7.75. The van der Waals surface area contributed by atoms with Gasteiger partial charge in [0.15, 0.2) is 12.7 Å². The van der Waals surface area contributed by atoms with Gasteiger partial charge in [-0.3, -0.25) is 4.79 Å². The minimum absolute atomic E-state index is 0.00365. The Labute approximate surface area is 123 Å². The summed E-state index contributed by atoms with van der Waals surface area (Å²) in [4.78, 5) is 23.0. The molecule has 6 heteroatoms. The molecule has 0 fully saturated rings. The highest BCUT2D eigenvalue weighted by Crippen LogP contribution is 2.17. The van der Waals surface area contributed by atoms with Crippen molar-refractivity contribution < 1.29 is 19.1 Å². The lowest BCUT2D eigenvalue weighted by molar-refractivity contribution is -0.154. The van der Waals surface area contributed by atoms with Crippen LogP contribution in [-0.4, -0.2) is 30.6 Å². The highest BCUT2D eigenvalue weighted by Gasteiger charge is 2.17. The lowest BCUT2D eigenvalue weighted by Gasteiger charge is -2.14. The van der Waals surface area contributed by atoms with Gasteiger partial charge in [-0.2, -0.15) is 0 Å². The van der Waals surface area contributed by atoms with Crippen LogP contribution in [0.15, 0.2) is 24.3 Å². The molecule has 0 aliphatic carbocycles. The first-order chi connectivity index (χ1) is 9.38. The van der Waals surface area contributed by atoms with Crippen molar-refractivity contribution in [1.82, 2.24) is 5.32 Å². The molecule has 0 saturated carbocycles. The van der Waals surface area contributed by atoms with Gasteiger partial charge in [-0.15, -0.1) is 0 Å². The maximum atomic E-state index is 11.7. The first-order valence-corrected chi connectivity index (χ1v) is 6.64. The fourth-order valence-electron chi connectivity index (χ4n) is 1.38. The van der Waals surface area contributed by atoms with E-state index in [1.165, 1.54) is 0 Å². The molecule has 5 nitrogen and oxygen atoms in total. The number of carbonyl (C=O) groups excluding carboxylic acids is 2. The number of rotatable bonds is 6. The van der Waals surface area contributed by atoms with Crippen molar-refractivity contribution in [1.29, 1.82) is 0 Å². The van der Waals surface area contributed by atoms with Crippen molar-refractivity contribution in [3.05, 3.63) is 29.3 Å². The average Bonchev–Trinajstić information content (AvgIpc) is 2.37. The van der Waals surface area contributed by atoms with Gasteiger partial charge < -0.3 is 14.8 Å². The molecule has 0 aromatic heterocycles. The fraction of sp³-hybridized carbons (Fsp3) is 0.429. The molecule has 0 bridgehead atoms. The summed E-state index contributed by atoms with van der Waals surface area (Å²) in [5, 5.41) is 3.20. The Kier molecular flexibility index (Phi) is 6.31. The molecule has 0 spiro atoms. The van der Waals surface area contributed by atoms with Crippen molar-refractivity contribution >= 4 is 23.5 Å². The number of hydrogen-bond acceptors (Lipinski definition) is 4. The molecular formula is C14H18ClNO4. The predicted octanol–water partition coefficient (Wildman–Crippen LogP) is 2.18. The first kappa shape index (κ1) is 16.3. The molecule has 1 atom stereocenters. The average molecular weight is 300 g/mol. The van der Waals surface area contributed by atoms with Crippen molar-refractivity contribution in [2.45, 2.75) is 32.9 Å². The third-order valence-corrected chi connectivity index (χ3v) is 2.51.